The first-order valence-electron chi connectivity index (χ1n) is 6.02. The fourth-order valence-corrected chi connectivity index (χ4v) is 1.47. The van der Waals surface area contributed by atoms with Gasteiger partial charge in [0.05, 0.1) is 0 Å². The van der Waals surface area contributed by atoms with Crippen LogP contribution in [0.1, 0.15) is 25.8 Å². The molecule has 0 spiro atoms. The molecule has 0 unspecified atom stereocenters. The Kier molecular flexibility index (Phi) is 5.54. The molecular formula is C15H17NO3. The Balaban J connectivity index is 2.70. The molecule has 0 aliphatic heterocycles. The maximum Gasteiger partial charge on any atom is 0.328 e. The van der Waals surface area contributed by atoms with E-state index in [0.29, 0.717) is 11.3 Å². The highest BCUT2D eigenvalue weighted by atomic mass is 16.4. The molecule has 1 amide bonds. The number of hydrogen-bond acceptors (Lipinski definition) is 2. The third kappa shape index (κ3) is 5.21. The van der Waals surface area contributed by atoms with Gasteiger partial charge >= 0.3 is 5.97 Å². The Morgan fingerprint density at radius 2 is 1.89 bits per heavy atom. The molecule has 1 aromatic carbocycles. The average Bonchev–Trinajstić information content (AvgIpc) is 2.38. The van der Waals surface area contributed by atoms with E-state index in [9.17, 15) is 9.59 Å². The van der Waals surface area contributed by atoms with Gasteiger partial charge in [-0.25, -0.2) is 4.79 Å². The molecule has 0 saturated heterocycles. The third-order valence-electron chi connectivity index (χ3n) is 2.46. The first-order chi connectivity index (χ1) is 9.02. The molecule has 0 aliphatic rings. The van der Waals surface area contributed by atoms with E-state index < -0.39 is 5.97 Å². The minimum Gasteiger partial charge on any atom is -0.478 e. The van der Waals surface area contributed by atoms with Crippen LogP contribution in [0.3, 0.4) is 0 Å². The number of allylic oxidation sites excluding steroid dienone is 1. The van der Waals surface area contributed by atoms with E-state index in [-0.39, 0.29) is 5.91 Å². The van der Waals surface area contributed by atoms with E-state index in [0.717, 1.165) is 18.1 Å². The van der Waals surface area contributed by atoms with E-state index >= 15 is 0 Å². The standard InChI is InChI=1S/C15H17NO3/c1-3-4-11(2)15(19)16-13-8-5-12(6-9-13)7-10-14(17)18/h4-10H,3H2,1-2H3,(H,16,19)(H,17,18)/b10-7+,11-4-. The molecule has 19 heavy (non-hydrogen) atoms. The Labute approximate surface area is 112 Å². The Hall–Kier alpha value is -2.36. The SMILES string of the molecule is CC/C=C(/C)C(=O)Nc1ccc(/C=C/C(=O)O)cc1. The van der Waals surface area contributed by atoms with Gasteiger partial charge in [-0.15, -0.1) is 0 Å². The van der Waals surface area contributed by atoms with Crippen LogP contribution >= 0.6 is 0 Å². The van der Waals surface area contributed by atoms with Gasteiger partial charge in [0.25, 0.3) is 5.91 Å². The zero-order valence-electron chi connectivity index (χ0n) is 11.0. The topological polar surface area (TPSA) is 66.4 Å². The monoisotopic (exact) mass is 259 g/mol. The molecule has 0 radical (unpaired) electrons. The summed E-state index contributed by atoms with van der Waals surface area (Å²) in [5, 5.41) is 11.3. The van der Waals surface area contributed by atoms with Crippen molar-refractivity contribution >= 4 is 23.6 Å². The number of carbonyl (C=O) groups excluding carboxylic acids is 1. The molecule has 1 rings (SSSR count). The summed E-state index contributed by atoms with van der Waals surface area (Å²) in [5.41, 5.74) is 2.12. The number of carboxylic acid groups (broad SMARTS) is 1. The van der Waals surface area contributed by atoms with E-state index in [4.69, 9.17) is 5.11 Å². The average molecular weight is 259 g/mol. The molecular weight excluding hydrogens is 242 g/mol. The molecule has 0 atom stereocenters. The highest BCUT2D eigenvalue weighted by molar-refractivity contribution is 6.03. The van der Waals surface area contributed by atoms with Crippen LogP contribution in [0.5, 0.6) is 0 Å². The molecule has 0 saturated carbocycles. The maximum absolute atomic E-state index is 11.7. The summed E-state index contributed by atoms with van der Waals surface area (Å²) in [5.74, 6) is -1.12. The second kappa shape index (κ2) is 7.16. The van der Waals surface area contributed by atoms with Gasteiger partial charge in [0.15, 0.2) is 0 Å². The molecule has 0 heterocycles. The Bertz CT molecular complexity index is 513. The predicted octanol–water partition coefficient (Wildman–Crippen LogP) is 3.08. The van der Waals surface area contributed by atoms with Crippen LogP contribution < -0.4 is 5.32 Å². The summed E-state index contributed by atoms with van der Waals surface area (Å²) in [6.07, 6.45) is 5.25. The number of anilines is 1. The lowest BCUT2D eigenvalue weighted by Crippen LogP contribution is -2.12. The van der Waals surface area contributed by atoms with Crippen LogP contribution in [0, 0.1) is 0 Å². The lowest BCUT2D eigenvalue weighted by atomic mass is 10.2. The molecule has 1 aromatic rings. The van der Waals surface area contributed by atoms with Gasteiger partial charge in [0, 0.05) is 17.3 Å². The van der Waals surface area contributed by atoms with Crippen LogP contribution in [0.2, 0.25) is 0 Å². The van der Waals surface area contributed by atoms with Crippen molar-refractivity contribution in [2.45, 2.75) is 20.3 Å². The van der Waals surface area contributed by atoms with Gasteiger partial charge in [-0.1, -0.05) is 25.1 Å². The van der Waals surface area contributed by atoms with Crippen molar-refractivity contribution in [1.29, 1.82) is 0 Å². The van der Waals surface area contributed by atoms with Crippen molar-refractivity contribution < 1.29 is 14.7 Å². The highest BCUT2D eigenvalue weighted by Crippen LogP contribution is 2.12. The zero-order chi connectivity index (χ0) is 14.3. The van der Waals surface area contributed by atoms with Gasteiger partial charge < -0.3 is 10.4 Å². The van der Waals surface area contributed by atoms with Crippen molar-refractivity contribution in [3.05, 3.63) is 47.6 Å². The summed E-state index contributed by atoms with van der Waals surface area (Å²) >= 11 is 0. The molecule has 4 nitrogen and oxygen atoms in total. The fraction of sp³-hybridized carbons (Fsp3) is 0.200. The molecule has 2 N–H and O–H groups in total. The van der Waals surface area contributed by atoms with Crippen molar-refractivity contribution in [3.8, 4) is 0 Å². The zero-order valence-corrected chi connectivity index (χ0v) is 11.0. The van der Waals surface area contributed by atoms with Crippen LogP contribution in [-0.2, 0) is 9.59 Å². The van der Waals surface area contributed by atoms with Crippen molar-refractivity contribution in [1.82, 2.24) is 0 Å². The second-order valence-corrected chi connectivity index (χ2v) is 4.04. The normalized spacial score (nSPS) is 11.6. The van der Waals surface area contributed by atoms with Gasteiger partial charge in [0.1, 0.15) is 0 Å². The number of rotatable bonds is 5. The van der Waals surface area contributed by atoms with E-state index in [1.165, 1.54) is 6.08 Å². The molecule has 0 fully saturated rings. The molecule has 0 aromatic heterocycles. The van der Waals surface area contributed by atoms with Crippen LogP contribution in [0.25, 0.3) is 6.08 Å². The first-order valence-corrected chi connectivity index (χ1v) is 6.02. The number of hydrogen-bond donors (Lipinski definition) is 2. The fourth-order valence-electron chi connectivity index (χ4n) is 1.47. The molecule has 100 valence electrons. The smallest absolute Gasteiger partial charge is 0.328 e. The summed E-state index contributed by atoms with van der Waals surface area (Å²) in [6.45, 7) is 3.74. The first kappa shape index (κ1) is 14.7. The van der Waals surface area contributed by atoms with Crippen LogP contribution in [0.15, 0.2) is 42.0 Å². The van der Waals surface area contributed by atoms with E-state index in [1.54, 1.807) is 31.2 Å². The van der Waals surface area contributed by atoms with Crippen molar-refractivity contribution in [2.75, 3.05) is 5.32 Å². The minimum atomic E-state index is -0.988. The van der Waals surface area contributed by atoms with Crippen molar-refractivity contribution in [2.24, 2.45) is 0 Å². The van der Waals surface area contributed by atoms with E-state index in [1.807, 2.05) is 13.0 Å². The molecule has 0 aliphatic carbocycles. The number of carbonyl (C=O) groups is 2. The summed E-state index contributed by atoms with van der Waals surface area (Å²) in [4.78, 5) is 22.1. The Morgan fingerprint density at radius 1 is 1.26 bits per heavy atom. The van der Waals surface area contributed by atoms with Gasteiger partial charge in [-0.2, -0.15) is 0 Å². The van der Waals surface area contributed by atoms with Gasteiger partial charge in [-0.05, 0) is 37.1 Å². The number of carboxylic acids is 1. The third-order valence-corrected chi connectivity index (χ3v) is 2.46. The summed E-state index contributed by atoms with van der Waals surface area (Å²) < 4.78 is 0. The largest absolute Gasteiger partial charge is 0.478 e. The minimum absolute atomic E-state index is 0.129. The number of amides is 1. The lowest BCUT2D eigenvalue weighted by molar-refractivity contribution is -0.131. The van der Waals surface area contributed by atoms with Crippen LogP contribution in [0.4, 0.5) is 5.69 Å². The second-order valence-electron chi connectivity index (χ2n) is 4.04. The lowest BCUT2D eigenvalue weighted by Gasteiger charge is -2.05. The predicted molar refractivity (Wildman–Crippen MR) is 75.8 cm³/mol. The molecule has 0 bridgehead atoms. The van der Waals surface area contributed by atoms with Crippen molar-refractivity contribution in [3.63, 3.8) is 0 Å². The highest BCUT2D eigenvalue weighted by Gasteiger charge is 2.03. The van der Waals surface area contributed by atoms with Gasteiger partial charge in [-0.3, -0.25) is 4.79 Å². The number of nitrogens with one attached hydrogen (secondary N) is 1. The van der Waals surface area contributed by atoms with Crippen LogP contribution in [-0.4, -0.2) is 17.0 Å². The van der Waals surface area contributed by atoms with E-state index in [2.05, 4.69) is 5.32 Å². The Morgan fingerprint density at radius 3 is 2.42 bits per heavy atom. The maximum atomic E-state index is 11.7. The summed E-state index contributed by atoms with van der Waals surface area (Å²) in [6, 6.07) is 6.96. The number of aliphatic carboxylic acids is 1. The molecule has 4 heteroatoms. The van der Waals surface area contributed by atoms with Gasteiger partial charge in [0.2, 0.25) is 0 Å². The number of benzene rings is 1. The quantitative estimate of drug-likeness (QED) is 0.798. The summed E-state index contributed by atoms with van der Waals surface area (Å²) in [7, 11) is 0.